The average molecular weight is 391 g/mol. The van der Waals surface area contributed by atoms with Gasteiger partial charge in [0.15, 0.2) is 9.84 Å². The summed E-state index contributed by atoms with van der Waals surface area (Å²) >= 11 is 1.58. The van der Waals surface area contributed by atoms with Gasteiger partial charge >= 0.3 is 0 Å². The van der Waals surface area contributed by atoms with Crippen LogP contribution < -0.4 is 0 Å². The summed E-state index contributed by atoms with van der Waals surface area (Å²) in [4.78, 5) is 11.0. The van der Waals surface area contributed by atoms with Crippen LogP contribution >= 0.6 is 11.3 Å². The molecule has 2 N–H and O–H groups in total. The largest absolute Gasteiger partial charge is 0.508 e. The summed E-state index contributed by atoms with van der Waals surface area (Å²) in [6, 6.07) is 12.1. The molecule has 0 aliphatic heterocycles. The van der Waals surface area contributed by atoms with Crippen molar-refractivity contribution in [2.45, 2.75) is 11.8 Å². The van der Waals surface area contributed by atoms with Gasteiger partial charge in [-0.1, -0.05) is 18.2 Å². The van der Waals surface area contributed by atoms with Crippen molar-refractivity contribution < 1.29 is 23.5 Å². The van der Waals surface area contributed by atoms with Crippen LogP contribution in [0.3, 0.4) is 0 Å². The van der Waals surface area contributed by atoms with Gasteiger partial charge in [0.25, 0.3) is 0 Å². The summed E-state index contributed by atoms with van der Waals surface area (Å²) in [6.07, 6.45) is 0.154. The van der Waals surface area contributed by atoms with E-state index in [0.717, 1.165) is 10.1 Å². The third-order valence-electron chi connectivity index (χ3n) is 4.00. The monoisotopic (exact) mass is 391 g/mol. The van der Waals surface area contributed by atoms with Gasteiger partial charge in [-0.25, -0.2) is 13.5 Å². The highest BCUT2D eigenvalue weighted by Gasteiger charge is 2.26. The van der Waals surface area contributed by atoms with Gasteiger partial charge in [-0.15, -0.1) is 11.3 Å². The number of sulfone groups is 1. The van der Waals surface area contributed by atoms with Gasteiger partial charge in [0, 0.05) is 4.70 Å². The molecule has 0 aliphatic rings. The van der Waals surface area contributed by atoms with Gasteiger partial charge in [0.1, 0.15) is 5.75 Å². The molecule has 0 spiro atoms. The van der Waals surface area contributed by atoms with Crippen LogP contribution in [0.1, 0.15) is 17.2 Å². The predicted molar refractivity (Wildman–Crippen MR) is 99.9 cm³/mol. The Hall–Kier alpha value is -2.42. The SMILES string of the molecule is O=CN(O)[C@H](CS(=O)(=O)Cc1ccc2sccc2c1)c1cccc(O)c1. The highest BCUT2D eigenvalue weighted by atomic mass is 32.2. The number of nitrogens with zero attached hydrogens (tertiary/aromatic N) is 1. The number of phenols is 1. The lowest BCUT2D eigenvalue weighted by Crippen LogP contribution is -2.30. The van der Waals surface area contributed by atoms with Crippen LogP contribution in [0.5, 0.6) is 5.75 Å². The van der Waals surface area contributed by atoms with Crippen LogP contribution in [-0.4, -0.2) is 36.0 Å². The van der Waals surface area contributed by atoms with Crippen molar-refractivity contribution in [3.8, 4) is 5.75 Å². The second-order valence-corrected chi connectivity index (χ2v) is 9.00. The molecule has 136 valence electrons. The summed E-state index contributed by atoms with van der Waals surface area (Å²) in [5.41, 5.74) is 0.970. The summed E-state index contributed by atoms with van der Waals surface area (Å²) in [6.45, 7) is 0. The fourth-order valence-corrected chi connectivity index (χ4v) is 5.19. The van der Waals surface area contributed by atoms with Crippen LogP contribution in [0.15, 0.2) is 53.9 Å². The number of carbonyl (C=O) groups is 1. The quantitative estimate of drug-likeness (QED) is 0.367. The van der Waals surface area contributed by atoms with Gasteiger partial charge in [0.05, 0.1) is 17.5 Å². The number of fused-ring (bicyclic) bond motifs is 1. The summed E-state index contributed by atoms with van der Waals surface area (Å²) < 4.78 is 26.4. The van der Waals surface area contributed by atoms with Crippen LogP contribution in [0.4, 0.5) is 0 Å². The number of hydrogen-bond donors (Lipinski definition) is 2. The Balaban J connectivity index is 1.85. The van der Waals surface area contributed by atoms with E-state index in [4.69, 9.17) is 0 Å². The zero-order valence-corrected chi connectivity index (χ0v) is 15.3. The molecule has 1 atom stereocenters. The Labute approximate surface area is 154 Å². The zero-order chi connectivity index (χ0) is 18.7. The van der Waals surface area contributed by atoms with Gasteiger partial charge in [-0.05, 0) is 52.2 Å². The van der Waals surface area contributed by atoms with Crippen LogP contribution in [0, 0.1) is 0 Å². The molecule has 0 unspecified atom stereocenters. The molecule has 6 nitrogen and oxygen atoms in total. The molecular weight excluding hydrogens is 374 g/mol. The second kappa shape index (κ2) is 7.45. The lowest BCUT2D eigenvalue weighted by molar-refractivity contribution is -0.158. The number of carbonyl (C=O) groups excluding carboxylic acids is 1. The Morgan fingerprint density at radius 1 is 1.15 bits per heavy atom. The molecule has 1 heterocycles. The third-order valence-corrected chi connectivity index (χ3v) is 6.49. The molecule has 1 amide bonds. The van der Waals surface area contributed by atoms with E-state index >= 15 is 0 Å². The first-order valence-electron chi connectivity index (χ1n) is 7.76. The number of benzene rings is 2. The molecule has 0 saturated heterocycles. The number of aromatic hydroxyl groups is 1. The van der Waals surface area contributed by atoms with E-state index in [-0.39, 0.29) is 17.9 Å². The normalized spacial score (nSPS) is 12.8. The Morgan fingerprint density at radius 3 is 2.69 bits per heavy atom. The first-order chi connectivity index (χ1) is 12.4. The van der Waals surface area contributed by atoms with Crippen LogP contribution in [0.2, 0.25) is 0 Å². The average Bonchev–Trinajstić information content (AvgIpc) is 3.06. The van der Waals surface area contributed by atoms with Crippen molar-refractivity contribution in [3.05, 3.63) is 65.0 Å². The predicted octanol–water partition coefficient (Wildman–Crippen LogP) is 3.11. The smallest absolute Gasteiger partial charge is 0.233 e. The van der Waals surface area contributed by atoms with E-state index in [0.29, 0.717) is 16.2 Å². The van der Waals surface area contributed by atoms with Crippen LogP contribution in [0.25, 0.3) is 10.1 Å². The molecule has 3 rings (SSSR count). The molecule has 0 aliphatic carbocycles. The third kappa shape index (κ3) is 4.21. The number of amides is 1. The number of hydroxylamine groups is 2. The van der Waals surface area contributed by atoms with Gasteiger partial charge < -0.3 is 5.11 Å². The molecule has 0 bridgehead atoms. The fraction of sp³-hybridized carbons (Fsp3) is 0.167. The van der Waals surface area contributed by atoms with Crippen molar-refractivity contribution in [1.29, 1.82) is 0 Å². The number of phenolic OH excluding ortho intramolecular Hbond substituents is 1. The molecule has 0 saturated carbocycles. The first kappa shape index (κ1) is 18.4. The second-order valence-electron chi connectivity index (χ2n) is 5.94. The Morgan fingerprint density at radius 2 is 1.96 bits per heavy atom. The topological polar surface area (TPSA) is 94.9 Å². The lowest BCUT2D eigenvalue weighted by Gasteiger charge is -2.23. The van der Waals surface area contributed by atoms with Gasteiger partial charge in [0.2, 0.25) is 6.41 Å². The number of rotatable bonds is 7. The zero-order valence-electron chi connectivity index (χ0n) is 13.6. The summed E-state index contributed by atoms with van der Waals surface area (Å²) in [7, 11) is -3.64. The summed E-state index contributed by atoms with van der Waals surface area (Å²) in [5.74, 6) is -0.749. The maximum Gasteiger partial charge on any atom is 0.233 e. The van der Waals surface area contributed by atoms with Crippen molar-refractivity contribution in [2.75, 3.05) is 5.75 Å². The number of thiophene rings is 1. The Bertz CT molecular complexity index is 1030. The van der Waals surface area contributed by atoms with E-state index in [1.807, 2.05) is 23.6 Å². The minimum atomic E-state index is -3.64. The maximum absolute atomic E-state index is 12.6. The minimum Gasteiger partial charge on any atom is -0.508 e. The fourth-order valence-electron chi connectivity index (χ4n) is 2.79. The standard InChI is InChI=1S/C18H17NO5S2/c20-12-19(22)17(14-2-1-3-16(21)9-14)11-26(23,24)10-13-4-5-18-15(8-13)6-7-25-18/h1-9,12,17,21-22H,10-11H2/t17-/m1/s1. The van der Waals surface area contributed by atoms with Gasteiger partial charge in [-0.2, -0.15) is 0 Å². The van der Waals surface area contributed by atoms with Crippen molar-refractivity contribution in [3.63, 3.8) is 0 Å². The highest BCUT2D eigenvalue weighted by Crippen LogP contribution is 2.26. The van der Waals surface area contributed by atoms with E-state index in [9.17, 15) is 23.5 Å². The van der Waals surface area contributed by atoms with E-state index < -0.39 is 21.6 Å². The van der Waals surface area contributed by atoms with Crippen molar-refractivity contribution in [2.24, 2.45) is 0 Å². The van der Waals surface area contributed by atoms with Crippen molar-refractivity contribution >= 4 is 37.7 Å². The first-order valence-corrected chi connectivity index (χ1v) is 10.5. The van der Waals surface area contributed by atoms with Crippen molar-refractivity contribution in [1.82, 2.24) is 5.06 Å². The Kier molecular flexibility index (Phi) is 5.26. The van der Waals surface area contributed by atoms with Gasteiger partial charge in [-0.3, -0.25) is 10.0 Å². The summed E-state index contributed by atoms with van der Waals surface area (Å²) in [5, 5.41) is 22.6. The minimum absolute atomic E-state index is 0.0768. The molecule has 2 aromatic carbocycles. The lowest BCUT2D eigenvalue weighted by atomic mass is 10.1. The molecule has 8 heteroatoms. The molecule has 26 heavy (non-hydrogen) atoms. The maximum atomic E-state index is 12.6. The van der Waals surface area contributed by atoms with Crippen LogP contribution in [-0.2, 0) is 20.4 Å². The highest BCUT2D eigenvalue weighted by molar-refractivity contribution is 7.90. The molecule has 0 radical (unpaired) electrons. The molecule has 0 fully saturated rings. The van der Waals surface area contributed by atoms with E-state index in [1.54, 1.807) is 23.5 Å². The molecule has 3 aromatic rings. The van der Waals surface area contributed by atoms with E-state index in [2.05, 4.69) is 0 Å². The molecule has 1 aromatic heterocycles. The van der Waals surface area contributed by atoms with E-state index in [1.165, 1.54) is 18.2 Å². The number of hydrogen-bond acceptors (Lipinski definition) is 6. The molecular formula is C18H17NO5S2.